The van der Waals surface area contributed by atoms with Crippen molar-refractivity contribution in [2.24, 2.45) is 0 Å². The molecule has 1 amide bonds. The van der Waals surface area contributed by atoms with Crippen LogP contribution in [0, 0.1) is 0 Å². The third kappa shape index (κ3) is 6.87. The number of carbonyl (C=O) groups excluding carboxylic acids is 1. The molecule has 39 heavy (non-hydrogen) atoms. The van der Waals surface area contributed by atoms with Gasteiger partial charge in [0, 0.05) is 34.7 Å². The number of rotatable bonds is 7. The number of ether oxygens (including phenoxy) is 1. The van der Waals surface area contributed by atoms with E-state index in [0.717, 1.165) is 55.7 Å². The van der Waals surface area contributed by atoms with Crippen LogP contribution in [0.1, 0.15) is 40.4 Å². The minimum atomic E-state index is -4.79. The molecule has 0 aromatic heterocycles. The Morgan fingerprint density at radius 3 is 1.90 bits per heavy atom. The predicted octanol–water partition coefficient (Wildman–Crippen LogP) is 6.56. The second-order valence-corrected chi connectivity index (χ2v) is 10.8. The number of nitrogens with zero attached hydrogens (tertiary/aromatic N) is 2. The van der Waals surface area contributed by atoms with Crippen LogP contribution in [0.15, 0.2) is 72.8 Å². The number of likely N-dealkylation sites (tertiary alicyclic amines) is 2. The van der Waals surface area contributed by atoms with E-state index < -0.39 is 6.36 Å². The van der Waals surface area contributed by atoms with Crippen LogP contribution in [0.25, 0.3) is 0 Å². The van der Waals surface area contributed by atoms with Crippen molar-refractivity contribution < 1.29 is 22.7 Å². The number of nitrogens with one attached hydrogen (secondary N) is 1. The molecule has 5 nitrogen and oxygen atoms in total. The van der Waals surface area contributed by atoms with E-state index in [0.29, 0.717) is 16.6 Å². The Hall–Kier alpha value is -2.78. The fourth-order valence-corrected chi connectivity index (χ4v) is 5.83. The zero-order valence-electron chi connectivity index (χ0n) is 21.0. The normalized spacial score (nSPS) is 20.5. The van der Waals surface area contributed by atoms with Crippen LogP contribution in [0.2, 0.25) is 10.0 Å². The van der Waals surface area contributed by atoms with Crippen molar-refractivity contribution >= 4 is 29.1 Å². The lowest BCUT2D eigenvalue weighted by atomic mass is 9.97. The van der Waals surface area contributed by atoms with Crippen molar-refractivity contribution in [1.29, 1.82) is 0 Å². The number of carbonyl (C=O) groups is 1. The van der Waals surface area contributed by atoms with Crippen LogP contribution in [0.5, 0.6) is 5.75 Å². The fourth-order valence-electron chi connectivity index (χ4n) is 5.58. The minimum Gasteiger partial charge on any atom is -0.406 e. The molecule has 3 aromatic rings. The highest BCUT2D eigenvalue weighted by Crippen LogP contribution is 2.35. The molecular formula is C29H28Cl2F3N3O2. The van der Waals surface area contributed by atoms with Crippen molar-refractivity contribution in [3.63, 3.8) is 0 Å². The lowest BCUT2D eigenvalue weighted by Crippen LogP contribution is -2.50. The molecule has 206 valence electrons. The number of halogens is 5. The predicted molar refractivity (Wildman–Crippen MR) is 145 cm³/mol. The zero-order valence-corrected chi connectivity index (χ0v) is 22.5. The van der Waals surface area contributed by atoms with Gasteiger partial charge in [0.1, 0.15) is 5.75 Å². The Bertz CT molecular complexity index is 1220. The minimum absolute atomic E-state index is 0.0784. The molecule has 5 rings (SSSR count). The molecule has 1 N–H and O–H groups in total. The van der Waals surface area contributed by atoms with Crippen LogP contribution in [0.3, 0.4) is 0 Å². The molecule has 0 saturated carbocycles. The van der Waals surface area contributed by atoms with E-state index in [1.165, 1.54) is 12.1 Å². The summed E-state index contributed by atoms with van der Waals surface area (Å²) in [5.74, 6) is -0.700. The summed E-state index contributed by atoms with van der Waals surface area (Å²) in [6, 6.07) is 20.4. The Balaban J connectivity index is 1.39. The molecular weight excluding hydrogens is 550 g/mol. The first-order valence-electron chi connectivity index (χ1n) is 12.8. The lowest BCUT2D eigenvalue weighted by Gasteiger charge is -2.30. The Morgan fingerprint density at radius 2 is 1.38 bits per heavy atom. The molecule has 2 aliphatic rings. The van der Waals surface area contributed by atoms with Gasteiger partial charge in [-0.15, -0.1) is 13.2 Å². The zero-order chi connectivity index (χ0) is 27.6. The van der Waals surface area contributed by atoms with E-state index >= 15 is 0 Å². The lowest BCUT2D eigenvalue weighted by molar-refractivity contribution is -0.274. The molecule has 2 aliphatic heterocycles. The maximum Gasteiger partial charge on any atom is 0.573 e. The standard InChI is InChI=1S/C29H28Cl2F3N3O2/c30-22-9-3-19(4-10-22)27(20-5-11-23(31)12-6-20)37-17-25(26(18-37)36-15-1-2-16-36)35-28(38)21-7-13-24(14-8-21)39-29(32,33)34/h3-14,25-27H,1-2,15-18H2,(H,35,38). The highest BCUT2D eigenvalue weighted by atomic mass is 35.5. The van der Waals surface area contributed by atoms with Crippen LogP contribution in [0.4, 0.5) is 13.2 Å². The molecule has 2 fully saturated rings. The van der Waals surface area contributed by atoms with Crippen molar-refractivity contribution in [3.8, 4) is 5.75 Å². The second-order valence-electron chi connectivity index (χ2n) is 9.92. The maximum absolute atomic E-state index is 13.2. The van der Waals surface area contributed by atoms with Crippen molar-refractivity contribution in [2.45, 2.75) is 37.3 Å². The molecule has 2 saturated heterocycles. The Kier molecular flexibility index (Phi) is 8.38. The third-order valence-electron chi connectivity index (χ3n) is 7.33. The van der Waals surface area contributed by atoms with Crippen LogP contribution < -0.4 is 10.1 Å². The molecule has 0 radical (unpaired) electrons. The van der Waals surface area contributed by atoms with Crippen molar-refractivity contribution in [1.82, 2.24) is 15.1 Å². The summed E-state index contributed by atoms with van der Waals surface area (Å²) in [5, 5.41) is 4.48. The molecule has 2 heterocycles. The highest BCUT2D eigenvalue weighted by molar-refractivity contribution is 6.30. The van der Waals surface area contributed by atoms with Crippen molar-refractivity contribution in [3.05, 3.63) is 99.5 Å². The number of alkyl halides is 3. The second kappa shape index (κ2) is 11.8. The van der Waals surface area contributed by atoms with Gasteiger partial charge < -0.3 is 10.1 Å². The largest absolute Gasteiger partial charge is 0.573 e. The highest BCUT2D eigenvalue weighted by Gasteiger charge is 2.41. The summed E-state index contributed by atoms with van der Waals surface area (Å²) < 4.78 is 41.5. The average molecular weight is 578 g/mol. The monoisotopic (exact) mass is 577 g/mol. The van der Waals surface area contributed by atoms with E-state index in [4.69, 9.17) is 23.2 Å². The SMILES string of the molecule is O=C(NC1CN(C(c2ccc(Cl)cc2)c2ccc(Cl)cc2)CC1N1CCCC1)c1ccc(OC(F)(F)F)cc1. The van der Waals surface area contributed by atoms with Gasteiger partial charge >= 0.3 is 6.36 Å². The summed E-state index contributed by atoms with van der Waals surface area (Å²) >= 11 is 12.4. The average Bonchev–Trinajstić information content (AvgIpc) is 3.56. The number of hydrogen-bond acceptors (Lipinski definition) is 4. The number of hydrogen-bond donors (Lipinski definition) is 1. The summed E-state index contributed by atoms with van der Waals surface area (Å²) in [4.78, 5) is 18.0. The first kappa shape index (κ1) is 27.8. The Morgan fingerprint density at radius 1 is 0.846 bits per heavy atom. The maximum atomic E-state index is 13.2. The van der Waals surface area contributed by atoms with Gasteiger partial charge in [0.15, 0.2) is 0 Å². The van der Waals surface area contributed by atoms with E-state index in [2.05, 4.69) is 19.9 Å². The van der Waals surface area contributed by atoms with Gasteiger partial charge in [-0.2, -0.15) is 0 Å². The first-order chi connectivity index (χ1) is 18.7. The van der Waals surface area contributed by atoms with E-state index in [-0.39, 0.29) is 35.3 Å². The topological polar surface area (TPSA) is 44.8 Å². The van der Waals surface area contributed by atoms with Gasteiger partial charge in [0.2, 0.25) is 0 Å². The smallest absolute Gasteiger partial charge is 0.406 e. The van der Waals surface area contributed by atoms with Gasteiger partial charge in [-0.05, 0) is 85.6 Å². The van der Waals surface area contributed by atoms with Gasteiger partial charge in [0.25, 0.3) is 5.91 Å². The first-order valence-corrected chi connectivity index (χ1v) is 13.6. The van der Waals surface area contributed by atoms with E-state index in [1.54, 1.807) is 0 Å². The van der Waals surface area contributed by atoms with Crippen LogP contribution in [-0.2, 0) is 0 Å². The summed E-state index contributed by atoms with van der Waals surface area (Å²) in [6.45, 7) is 3.25. The van der Waals surface area contributed by atoms with E-state index in [1.807, 2.05) is 48.5 Å². The molecule has 0 aliphatic carbocycles. The quantitative estimate of drug-likeness (QED) is 0.345. The van der Waals surface area contributed by atoms with Crippen LogP contribution >= 0.6 is 23.2 Å². The number of benzene rings is 3. The molecule has 0 spiro atoms. The van der Waals surface area contributed by atoms with Gasteiger partial charge in [-0.3, -0.25) is 14.6 Å². The molecule has 2 unspecified atom stereocenters. The molecule has 3 aromatic carbocycles. The molecule has 2 atom stereocenters. The molecule has 0 bridgehead atoms. The summed E-state index contributed by atoms with van der Waals surface area (Å²) in [6.07, 6.45) is -2.57. The van der Waals surface area contributed by atoms with Crippen LogP contribution in [-0.4, -0.2) is 60.3 Å². The molecule has 10 heteroatoms. The van der Waals surface area contributed by atoms with E-state index in [9.17, 15) is 18.0 Å². The van der Waals surface area contributed by atoms with Crippen molar-refractivity contribution in [2.75, 3.05) is 26.2 Å². The number of amides is 1. The van der Waals surface area contributed by atoms with Gasteiger partial charge in [-0.1, -0.05) is 47.5 Å². The third-order valence-corrected chi connectivity index (χ3v) is 7.83. The van der Waals surface area contributed by atoms with Gasteiger partial charge in [0.05, 0.1) is 12.1 Å². The summed E-state index contributed by atoms with van der Waals surface area (Å²) in [7, 11) is 0. The Labute approximate surface area is 235 Å². The fraction of sp³-hybridized carbons (Fsp3) is 0.345. The summed E-state index contributed by atoms with van der Waals surface area (Å²) in [5.41, 5.74) is 2.43. The van der Waals surface area contributed by atoms with Gasteiger partial charge in [-0.25, -0.2) is 0 Å².